The number of rotatable bonds is 7. The zero-order valence-electron chi connectivity index (χ0n) is 20.1. The Bertz CT molecular complexity index is 1110. The molecule has 5 rings (SSSR count). The van der Waals surface area contributed by atoms with Gasteiger partial charge in [0.1, 0.15) is 6.61 Å². The standard InChI is InChI=1S/C28H32N2O5/c1-28(2,26(32)33)15-29-25(31)23-16-11-12-17(13-16)24(23)30-27(34)35-14-22-20-9-5-3-7-18(20)19-8-4-6-10-21(19)22/h3-10,16-17,22-24H,11-15H2,1-2H3,(H,29,31)(H,30,34)(H,32,33). The fourth-order valence-electron chi connectivity index (χ4n) is 6.15. The van der Waals surface area contributed by atoms with Gasteiger partial charge in [0, 0.05) is 18.5 Å². The first-order valence-corrected chi connectivity index (χ1v) is 12.4. The van der Waals surface area contributed by atoms with Crippen molar-refractivity contribution in [1.82, 2.24) is 10.6 Å². The zero-order valence-corrected chi connectivity index (χ0v) is 20.1. The van der Waals surface area contributed by atoms with E-state index in [9.17, 15) is 19.5 Å². The van der Waals surface area contributed by atoms with E-state index in [-0.39, 0.29) is 48.8 Å². The molecule has 35 heavy (non-hydrogen) atoms. The van der Waals surface area contributed by atoms with Crippen LogP contribution in [0.4, 0.5) is 4.79 Å². The summed E-state index contributed by atoms with van der Waals surface area (Å²) in [6, 6.07) is 16.1. The van der Waals surface area contributed by atoms with Gasteiger partial charge >= 0.3 is 12.1 Å². The number of carboxylic acid groups (broad SMARTS) is 1. The Hall–Kier alpha value is -3.35. The number of carbonyl (C=O) groups is 3. The van der Waals surface area contributed by atoms with Gasteiger partial charge in [-0.25, -0.2) is 4.79 Å². The molecule has 3 aliphatic rings. The number of aliphatic carboxylic acids is 1. The maximum absolute atomic E-state index is 13.0. The Morgan fingerprint density at radius 2 is 1.57 bits per heavy atom. The molecular formula is C28H32N2O5. The van der Waals surface area contributed by atoms with Crippen LogP contribution in [-0.2, 0) is 14.3 Å². The van der Waals surface area contributed by atoms with Crippen LogP contribution >= 0.6 is 0 Å². The lowest BCUT2D eigenvalue weighted by molar-refractivity contribution is -0.147. The SMILES string of the molecule is CC(C)(CNC(=O)C1C2CCC(C2)C1NC(=O)OCC1c2ccccc2-c2ccccc21)C(=O)O. The molecule has 2 saturated carbocycles. The molecule has 3 N–H and O–H groups in total. The molecule has 2 amide bonds. The summed E-state index contributed by atoms with van der Waals surface area (Å²) in [4.78, 5) is 37.3. The molecule has 0 heterocycles. The number of carboxylic acids is 1. The Morgan fingerprint density at radius 3 is 2.20 bits per heavy atom. The Labute approximate surface area is 205 Å². The van der Waals surface area contributed by atoms with Crippen LogP contribution in [0.1, 0.15) is 50.2 Å². The normalized spacial score (nSPS) is 24.5. The van der Waals surface area contributed by atoms with E-state index in [0.717, 1.165) is 30.4 Å². The number of alkyl carbamates (subject to hydrolysis) is 1. The van der Waals surface area contributed by atoms with Gasteiger partial charge < -0.3 is 20.5 Å². The number of carbonyl (C=O) groups excluding carboxylic acids is 2. The molecule has 4 atom stereocenters. The number of hydrogen-bond donors (Lipinski definition) is 3. The van der Waals surface area contributed by atoms with Crippen LogP contribution < -0.4 is 10.6 Å². The van der Waals surface area contributed by atoms with Crippen molar-refractivity contribution in [1.29, 1.82) is 0 Å². The van der Waals surface area contributed by atoms with Gasteiger partial charge in [0.15, 0.2) is 0 Å². The van der Waals surface area contributed by atoms with Crippen molar-refractivity contribution in [3.8, 4) is 11.1 Å². The predicted molar refractivity (Wildman–Crippen MR) is 131 cm³/mol. The monoisotopic (exact) mass is 476 g/mol. The maximum atomic E-state index is 13.0. The molecule has 2 aromatic carbocycles. The molecule has 184 valence electrons. The van der Waals surface area contributed by atoms with Gasteiger partial charge in [-0.3, -0.25) is 9.59 Å². The van der Waals surface area contributed by atoms with Crippen molar-refractivity contribution in [3.63, 3.8) is 0 Å². The average molecular weight is 477 g/mol. The van der Waals surface area contributed by atoms with Gasteiger partial charge in [0.05, 0.1) is 11.3 Å². The summed E-state index contributed by atoms with van der Waals surface area (Å²) < 4.78 is 5.72. The summed E-state index contributed by atoms with van der Waals surface area (Å²) in [6.07, 6.45) is 2.32. The summed E-state index contributed by atoms with van der Waals surface area (Å²) in [5.41, 5.74) is 3.60. The number of fused-ring (bicyclic) bond motifs is 5. The third kappa shape index (κ3) is 4.28. The molecule has 4 unspecified atom stereocenters. The minimum absolute atomic E-state index is 0.0227. The quantitative estimate of drug-likeness (QED) is 0.556. The number of ether oxygens (including phenoxy) is 1. The second-order valence-corrected chi connectivity index (χ2v) is 10.8. The molecule has 3 aliphatic carbocycles. The first kappa shape index (κ1) is 23.4. The summed E-state index contributed by atoms with van der Waals surface area (Å²) >= 11 is 0. The van der Waals surface area contributed by atoms with E-state index in [1.807, 2.05) is 24.3 Å². The summed E-state index contributed by atoms with van der Waals surface area (Å²) in [7, 11) is 0. The van der Waals surface area contributed by atoms with Crippen LogP contribution in [0.5, 0.6) is 0 Å². The van der Waals surface area contributed by atoms with Crippen LogP contribution in [0, 0.1) is 23.2 Å². The molecule has 7 nitrogen and oxygen atoms in total. The largest absolute Gasteiger partial charge is 0.481 e. The molecular weight excluding hydrogens is 444 g/mol. The molecule has 2 aromatic rings. The maximum Gasteiger partial charge on any atom is 0.407 e. The second kappa shape index (κ2) is 9.02. The second-order valence-electron chi connectivity index (χ2n) is 10.8. The third-order valence-corrected chi connectivity index (χ3v) is 8.13. The highest BCUT2D eigenvalue weighted by atomic mass is 16.5. The fraction of sp³-hybridized carbons (Fsp3) is 0.464. The average Bonchev–Trinajstić information content (AvgIpc) is 3.53. The molecule has 0 saturated heterocycles. The number of nitrogens with one attached hydrogen (secondary N) is 2. The number of amides is 2. The van der Waals surface area contributed by atoms with Gasteiger partial charge in [0.25, 0.3) is 0 Å². The van der Waals surface area contributed by atoms with Crippen LogP contribution in [0.3, 0.4) is 0 Å². The Balaban J connectivity index is 1.23. The van der Waals surface area contributed by atoms with Gasteiger partial charge in [-0.2, -0.15) is 0 Å². The number of benzene rings is 2. The van der Waals surface area contributed by atoms with Crippen molar-refractivity contribution in [2.24, 2.45) is 23.2 Å². The topological polar surface area (TPSA) is 105 Å². The van der Waals surface area contributed by atoms with Crippen molar-refractivity contribution in [2.45, 2.75) is 45.1 Å². The fourth-order valence-corrected chi connectivity index (χ4v) is 6.15. The summed E-state index contributed by atoms with van der Waals surface area (Å²) in [5, 5.41) is 15.2. The minimum Gasteiger partial charge on any atom is -0.481 e. The summed E-state index contributed by atoms with van der Waals surface area (Å²) in [6.45, 7) is 3.45. The van der Waals surface area contributed by atoms with Crippen LogP contribution in [0.2, 0.25) is 0 Å². The van der Waals surface area contributed by atoms with Gasteiger partial charge in [0.2, 0.25) is 5.91 Å². The van der Waals surface area contributed by atoms with E-state index in [2.05, 4.69) is 34.9 Å². The number of hydrogen-bond acceptors (Lipinski definition) is 4. The van der Waals surface area contributed by atoms with E-state index in [1.165, 1.54) is 11.1 Å². The van der Waals surface area contributed by atoms with Crippen molar-refractivity contribution < 1.29 is 24.2 Å². The molecule has 0 radical (unpaired) electrons. The van der Waals surface area contributed by atoms with Crippen molar-refractivity contribution >= 4 is 18.0 Å². The molecule has 2 bridgehead atoms. The molecule has 7 heteroatoms. The van der Waals surface area contributed by atoms with Crippen LogP contribution in [0.15, 0.2) is 48.5 Å². The van der Waals surface area contributed by atoms with Crippen LogP contribution in [-0.4, -0.2) is 42.3 Å². The minimum atomic E-state index is -1.05. The lowest BCUT2D eigenvalue weighted by Crippen LogP contribution is -2.51. The van der Waals surface area contributed by atoms with E-state index in [1.54, 1.807) is 13.8 Å². The highest BCUT2D eigenvalue weighted by molar-refractivity contribution is 5.83. The van der Waals surface area contributed by atoms with E-state index in [0.29, 0.717) is 0 Å². The van der Waals surface area contributed by atoms with Crippen molar-refractivity contribution in [2.75, 3.05) is 13.2 Å². The molecule has 2 fully saturated rings. The molecule has 0 aromatic heterocycles. The first-order valence-electron chi connectivity index (χ1n) is 12.4. The first-order chi connectivity index (χ1) is 16.8. The molecule has 0 spiro atoms. The Morgan fingerprint density at radius 1 is 0.971 bits per heavy atom. The van der Waals surface area contributed by atoms with E-state index in [4.69, 9.17) is 4.74 Å². The van der Waals surface area contributed by atoms with Gasteiger partial charge in [-0.1, -0.05) is 48.5 Å². The predicted octanol–water partition coefficient (Wildman–Crippen LogP) is 4.17. The van der Waals surface area contributed by atoms with E-state index >= 15 is 0 Å². The third-order valence-electron chi connectivity index (χ3n) is 8.13. The lowest BCUT2D eigenvalue weighted by Gasteiger charge is -2.31. The van der Waals surface area contributed by atoms with Crippen LogP contribution in [0.25, 0.3) is 11.1 Å². The zero-order chi connectivity index (χ0) is 24.7. The Kier molecular flexibility index (Phi) is 6.03. The molecule has 0 aliphatic heterocycles. The highest BCUT2D eigenvalue weighted by Gasteiger charge is 2.51. The van der Waals surface area contributed by atoms with Gasteiger partial charge in [-0.15, -0.1) is 0 Å². The highest BCUT2D eigenvalue weighted by Crippen LogP contribution is 2.49. The van der Waals surface area contributed by atoms with Crippen molar-refractivity contribution in [3.05, 3.63) is 59.7 Å². The smallest absolute Gasteiger partial charge is 0.407 e. The lowest BCUT2D eigenvalue weighted by atomic mass is 9.83. The van der Waals surface area contributed by atoms with Gasteiger partial charge in [-0.05, 0) is 67.2 Å². The summed E-state index contributed by atoms with van der Waals surface area (Å²) in [5.74, 6) is -1.09. The van der Waals surface area contributed by atoms with E-state index < -0.39 is 17.5 Å².